The Hall–Kier alpha value is -1.35. The lowest BCUT2D eigenvalue weighted by molar-refractivity contribution is 0.0760. The van der Waals surface area contributed by atoms with Crippen molar-refractivity contribution in [2.24, 2.45) is 7.05 Å². The molecule has 9 heteroatoms. The number of pyridine rings is 1. The second kappa shape index (κ2) is 5.94. The zero-order chi connectivity index (χ0) is 16.8. The summed E-state index contributed by atoms with van der Waals surface area (Å²) in [5.41, 5.74) is 0.626. The highest BCUT2D eigenvalue weighted by Crippen LogP contribution is 2.31. The van der Waals surface area contributed by atoms with Crippen LogP contribution in [0.4, 0.5) is 0 Å². The van der Waals surface area contributed by atoms with E-state index < -0.39 is 10.0 Å². The van der Waals surface area contributed by atoms with Crippen molar-refractivity contribution in [2.75, 3.05) is 13.1 Å². The van der Waals surface area contributed by atoms with Crippen molar-refractivity contribution in [1.82, 2.24) is 8.87 Å². The summed E-state index contributed by atoms with van der Waals surface area (Å²) in [5.74, 6) is 0.465. The van der Waals surface area contributed by atoms with Gasteiger partial charge < -0.3 is 9.30 Å². The molecule has 0 bridgehead atoms. The van der Waals surface area contributed by atoms with Crippen LogP contribution in [0.25, 0.3) is 0 Å². The fraction of sp³-hybridized carbons (Fsp3) is 0.357. The Bertz CT molecular complexity index is 898. The van der Waals surface area contributed by atoms with Gasteiger partial charge in [0.25, 0.3) is 15.6 Å². The van der Waals surface area contributed by atoms with Crippen molar-refractivity contribution in [3.8, 4) is 5.75 Å². The van der Waals surface area contributed by atoms with E-state index in [2.05, 4.69) is 0 Å². The van der Waals surface area contributed by atoms with E-state index in [0.717, 1.165) is 17.0 Å². The average molecular weight is 375 g/mol. The SMILES string of the molecule is Cc1cc(OC2CN(S(=O)(=O)c3ccc(Cl)s3)C2)cc(=O)n1C. The smallest absolute Gasteiger partial charge is 0.254 e. The minimum atomic E-state index is -3.51. The van der Waals surface area contributed by atoms with Gasteiger partial charge in [-0.05, 0) is 25.1 Å². The minimum Gasteiger partial charge on any atom is -0.487 e. The highest BCUT2D eigenvalue weighted by Gasteiger charge is 2.39. The Balaban J connectivity index is 1.67. The second-order valence-corrected chi connectivity index (χ2v) is 9.23. The van der Waals surface area contributed by atoms with Crippen LogP contribution in [0.2, 0.25) is 4.34 Å². The van der Waals surface area contributed by atoms with Crippen molar-refractivity contribution < 1.29 is 13.2 Å². The van der Waals surface area contributed by atoms with Gasteiger partial charge in [0, 0.05) is 18.8 Å². The number of nitrogens with zero attached hydrogens (tertiary/aromatic N) is 2. The van der Waals surface area contributed by atoms with E-state index in [4.69, 9.17) is 16.3 Å². The summed E-state index contributed by atoms with van der Waals surface area (Å²) in [4.78, 5) is 11.7. The first kappa shape index (κ1) is 16.5. The number of aryl methyl sites for hydroxylation is 1. The Morgan fingerprint density at radius 2 is 2.00 bits per heavy atom. The molecular weight excluding hydrogens is 360 g/mol. The van der Waals surface area contributed by atoms with Gasteiger partial charge >= 0.3 is 0 Å². The van der Waals surface area contributed by atoms with Crippen LogP contribution in [0.15, 0.2) is 33.3 Å². The summed E-state index contributed by atoms with van der Waals surface area (Å²) in [7, 11) is -1.82. The predicted molar refractivity (Wildman–Crippen MR) is 88.9 cm³/mol. The molecule has 3 rings (SSSR count). The zero-order valence-corrected chi connectivity index (χ0v) is 14.9. The number of halogens is 1. The Labute approximate surface area is 142 Å². The molecule has 3 heterocycles. The third-order valence-corrected chi connectivity index (χ3v) is 7.27. The summed E-state index contributed by atoms with van der Waals surface area (Å²) < 4.78 is 33.9. The van der Waals surface area contributed by atoms with Gasteiger partial charge in [-0.25, -0.2) is 8.42 Å². The molecule has 0 amide bonds. The van der Waals surface area contributed by atoms with Gasteiger partial charge in [0.2, 0.25) is 0 Å². The number of hydrogen-bond donors (Lipinski definition) is 0. The maximum Gasteiger partial charge on any atom is 0.254 e. The van der Waals surface area contributed by atoms with E-state index in [9.17, 15) is 13.2 Å². The van der Waals surface area contributed by atoms with Gasteiger partial charge in [-0.2, -0.15) is 4.31 Å². The molecule has 0 aromatic carbocycles. The fourth-order valence-corrected chi connectivity index (χ4v) is 5.37. The lowest BCUT2D eigenvalue weighted by atomic mass is 10.2. The van der Waals surface area contributed by atoms with Crippen LogP contribution >= 0.6 is 22.9 Å². The van der Waals surface area contributed by atoms with Crippen LogP contribution in [0.1, 0.15) is 5.69 Å². The monoisotopic (exact) mass is 374 g/mol. The van der Waals surface area contributed by atoms with Crippen molar-refractivity contribution in [2.45, 2.75) is 17.2 Å². The molecule has 0 aliphatic carbocycles. The molecule has 6 nitrogen and oxygen atoms in total. The van der Waals surface area contributed by atoms with Gasteiger partial charge in [-0.1, -0.05) is 11.6 Å². The lowest BCUT2D eigenvalue weighted by Crippen LogP contribution is -2.55. The first-order valence-corrected chi connectivity index (χ1v) is 9.50. The van der Waals surface area contributed by atoms with E-state index in [0.29, 0.717) is 10.1 Å². The van der Waals surface area contributed by atoms with Crippen molar-refractivity contribution in [1.29, 1.82) is 0 Å². The maximum atomic E-state index is 12.3. The summed E-state index contributed by atoms with van der Waals surface area (Å²) in [6.07, 6.45) is -0.258. The molecule has 23 heavy (non-hydrogen) atoms. The van der Waals surface area contributed by atoms with Gasteiger partial charge in [0.1, 0.15) is 16.1 Å². The highest BCUT2D eigenvalue weighted by molar-refractivity contribution is 7.91. The largest absolute Gasteiger partial charge is 0.487 e. The molecule has 0 saturated carbocycles. The second-order valence-electron chi connectivity index (χ2n) is 5.35. The summed E-state index contributed by atoms with van der Waals surface area (Å²) in [5, 5.41) is 0. The van der Waals surface area contributed by atoms with E-state index in [1.165, 1.54) is 21.0 Å². The molecule has 124 valence electrons. The summed E-state index contributed by atoms with van der Waals surface area (Å²) in [6.45, 7) is 2.32. The number of thiophene rings is 1. The van der Waals surface area contributed by atoms with Crippen molar-refractivity contribution >= 4 is 33.0 Å². The first-order valence-electron chi connectivity index (χ1n) is 6.87. The normalized spacial score (nSPS) is 16.3. The lowest BCUT2D eigenvalue weighted by Gasteiger charge is -2.37. The Kier molecular flexibility index (Phi) is 4.26. The van der Waals surface area contributed by atoms with E-state index >= 15 is 0 Å². The molecule has 2 aromatic heterocycles. The van der Waals surface area contributed by atoms with Crippen LogP contribution in [-0.4, -0.2) is 36.5 Å². The third-order valence-electron chi connectivity index (χ3n) is 3.74. The summed E-state index contributed by atoms with van der Waals surface area (Å²) >= 11 is 6.82. The number of sulfonamides is 1. The standard InChI is InChI=1S/C14H15ClN2O4S2/c1-9-5-10(6-13(18)16(9)2)21-11-7-17(8-11)23(19,20)14-4-3-12(15)22-14/h3-6,11H,7-8H2,1-2H3. The van der Waals surface area contributed by atoms with E-state index in [1.807, 2.05) is 6.92 Å². The molecular formula is C14H15ClN2O4S2. The maximum absolute atomic E-state index is 12.3. The summed E-state index contributed by atoms with van der Waals surface area (Å²) in [6, 6.07) is 6.23. The van der Waals surface area contributed by atoms with Crippen LogP contribution in [0.5, 0.6) is 5.75 Å². The minimum absolute atomic E-state index is 0.156. The molecule has 2 aromatic rings. The first-order chi connectivity index (χ1) is 10.8. The van der Waals surface area contributed by atoms with Gasteiger partial charge in [-0.3, -0.25) is 4.79 Å². The molecule has 0 atom stereocenters. The highest BCUT2D eigenvalue weighted by atomic mass is 35.5. The van der Waals surface area contributed by atoms with E-state index in [1.54, 1.807) is 19.2 Å². The topological polar surface area (TPSA) is 68.6 Å². The fourth-order valence-electron chi connectivity index (χ4n) is 2.23. The molecule has 1 aliphatic rings. The van der Waals surface area contributed by atoms with E-state index in [-0.39, 0.29) is 29.0 Å². The Morgan fingerprint density at radius 3 is 2.57 bits per heavy atom. The van der Waals surface area contributed by atoms with Crippen LogP contribution < -0.4 is 10.3 Å². The number of hydrogen-bond acceptors (Lipinski definition) is 5. The molecule has 0 radical (unpaired) electrons. The molecule has 0 spiro atoms. The zero-order valence-electron chi connectivity index (χ0n) is 12.5. The molecule has 1 saturated heterocycles. The predicted octanol–water partition coefficient (Wildman–Crippen LogP) is 1.86. The number of aromatic nitrogens is 1. The molecule has 1 fully saturated rings. The number of ether oxygens (including phenoxy) is 1. The van der Waals surface area contributed by atoms with Crippen LogP contribution in [0, 0.1) is 6.92 Å². The van der Waals surface area contributed by atoms with Gasteiger partial charge in [0.15, 0.2) is 0 Å². The van der Waals surface area contributed by atoms with Crippen molar-refractivity contribution in [3.63, 3.8) is 0 Å². The van der Waals surface area contributed by atoms with Crippen LogP contribution in [0.3, 0.4) is 0 Å². The van der Waals surface area contributed by atoms with Gasteiger partial charge in [0.05, 0.1) is 17.4 Å². The Morgan fingerprint density at radius 1 is 1.30 bits per heavy atom. The van der Waals surface area contributed by atoms with Crippen molar-refractivity contribution in [3.05, 3.63) is 44.6 Å². The quantitative estimate of drug-likeness (QED) is 0.819. The molecule has 0 N–H and O–H groups in total. The van der Waals surface area contributed by atoms with Crippen LogP contribution in [-0.2, 0) is 17.1 Å². The third kappa shape index (κ3) is 3.16. The number of rotatable bonds is 4. The average Bonchev–Trinajstić information content (AvgIpc) is 2.86. The van der Waals surface area contributed by atoms with Gasteiger partial charge in [-0.15, -0.1) is 11.3 Å². The molecule has 1 aliphatic heterocycles. The molecule has 0 unspecified atom stereocenters.